The van der Waals surface area contributed by atoms with Gasteiger partial charge in [-0.05, 0) is 55.0 Å². The summed E-state index contributed by atoms with van der Waals surface area (Å²) < 4.78 is 11.7. The van der Waals surface area contributed by atoms with Crippen LogP contribution >= 0.6 is 46.4 Å². The van der Waals surface area contributed by atoms with Crippen LogP contribution in [-0.2, 0) is 22.6 Å². The van der Waals surface area contributed by atoms with E-state index >= 15 is 0 Å². The van der Waals surface area contributed by atoms with Crippen molar-refractivity contribution in [1.29, 1.82) is 0 Å². The van der Waals surface area contributed by atoms with Gasteiger partial charge in [0.15, 0.2) is 6.10 Å². The van der Waals surface area contributed by atoms with Crippen LogP contribution in [0.4, 0.5) is 0 Å². The molecule has 11 heteroatoms. The Kier molecular flexibility index (Phi) is 11.7. The van der Waals surface area contributed by atoms with Crippen molar-refractivity contribution < 1.29 is 19.1 Å². The highest BCUT2D eigenvalue weighted by Crippen LogP contribution is 2.28. The fourth-order valence-corrected chi connectivity index (χ4v) is 4.84. The molecule has 0 saturated carbocycles. The third kappa shape index (κ3) is 9.63. The molecule has 0 aliphatic carbocycles. The summed E-state index contributed by atoms with van der Waals surface area (Å²) in [7, 11) is 0. The van der Waals surface area contributed by atoms with Crippen LogP contribution in [0.1, 0.15) is 23.6 Å². The molecular formula is C32H27Cl4N3O4. The van der Waals surface area contributed by atoms with Crippen molar-refractivity contribution >= 4 is 64.4 Å². The lowest BCUT2D eigenvalue weighted by Crippen LogP contribution is -2.50. The Morgan fingerprint density at radius 2 is 1.49 bits per heavy atom. The lowest BCUT2D eigenvalue weighted by atomic mass is 10.1. The lowest BCUT2D eigenvalue weighted by Gasteiger charge is -2.21. The van der Waals surface area contributed by atoms with Gasteiger partial charge in [0.1, 0.15) is 24.1 Å². The number of nitrogens with zero attached hydrogens (tertiary/aromatic N) is 1. The first kappa shape index (κ1) is 32.2. The SMILES string of the molecule is C[C@H](Oc1ccc(Cl)cc1Cl)C(=O)N[C@@H](Cc1ccccc1)C(=O)N/N=C\c1ccccc1OCc1ccc(Cl)cc1Cl. The number of carbonyl (C=O) groups excluding carboxylic acids is 2. The summed E-state index contributed by atoms with van der Waals surface area (Å²) in [5.74, 6) is -0.198. The number of rotatable bonds is 12. The molecule has 0 aromatic heterocycles. The quantitative estimate of drug-likeness (QED) is 0.122. The van der Waals surface area contributed by atoms with Crippen molar-refractivity contribution in [3.63, 3.8) is 0 Å². The number of hydrogen-bond acceptors (Lipinski definition) is 5. The van der Waals surface area contributed by atoms with E-state index in [9.17, 15) is 9.59 Å². The molecule has 222 valence electrons. The van der Waals surface area contributed by atoms with Gasteiger partial charge in [0, 0.05) is 32.6 Å². The summed E-state index contributed by atoms with van der Waals surface area (Å²) >= 11 is 24.4. The molecule has 43 heavy (non-hydrogen) atoms. The maximum absolute atomic E-state index is 13.2. The zero-order valence-electron chi connectivity index (χ0n) is 22.9. The molecule has 0 aliphatic heterocycles. The number of ether oxygens (including phenoxy) is 2. The molecule has 0 heterocycles. The number of benzene rings is 4. The van der Waals surface area contributed by atoms with Crippen molar-refractivity contribution in [3.8, 4) is 11.5 Å². The minimum atomic E-state index is -0.952. The average Bonchev–Trinajstić information content (AvgIpc) is 2.98. The third-order valence-electron chi connectivity index (χ3n) is 6.18. The fraction of sp³-hybridized carbons (Fsp3) is 0.156. The van der Waals surface area contributed by atoms with Crippen LogP contribution < -0.4 is 20.2 Å². The van der Waals surface area contributed by atoms with Crippen LogP contribution in [0.2, 0.25) is 20.1 Å². The molecule has 0 unspecified atom stereocenters. The van der Waals surface area contributed by atoms with Crippen molar-refractivity contribution in [2.24, 2.45) is 5.10 Å². The minimum absolute atomic E-state index is 0.208. The summed E-state index contributed by atoms with van der Waals surface area (Å²) in [5, 5.41) is 8.62. The van der Waals surface area contributed by atoms with Crippen LogP contribution in [-0.4, -0.2) is 30.2 Å². The summed E-state index contributed by atoms with van der Waals surface area (Å²) in [6.45, 7) is 1.77. The van der Waals surface area contributed by atoms with Crippen molar-refractivity contribution in [2.75, 3.05) is 0 Å². The van der Waals surface area contributed by atoms with Gasteiger partial charge in [-0.1, -0.05) is 94.9 Å². The molecule has 0 radical (unpaired) electrons. The average molecular weight is 659 g/mol. The predicted molar refractivity (Wildman–Crippen MR) is 172 cm³/mol. The van der Waals surface area contributed by atoms with E-state index in [1.165, 1.54) is 12.3 Å². The molecule has 7 nitrogen and oxygen atoms in total. The van der Waals surface area contributed by atoms with Crippen LogP contribution in [0.5, 0.6) is 11.5 Å². The number of carbonyl (C=O) groups is 2. The Labute approximate surface area is 269 Å². The Hall–Kier alpha value is -3.75. The highest BCUT2D eigenvalue weighted by Gasteiger charge is 2.25. The maximum Gasteiger partial charge on any atom is 0.262 e. The highest BCUT2D eigenvalue weighted by atomic mass is 35.5. The van der Waals surface area contributed by atoms with Gasteiger partial charge in [-0.3, -0.25) is 9.59 Å². The Morgan fingerprint density at radius 1 is 0.814 bits per heavy atom. The molecule has 0 fully saturated rings. The minimum Gasteiger partial charge on any atom is -0.488 e. The van der Waals surface area contributed by atoms with Crippen LogP contribution in [0.15, 0.2) is 96.1 Å². The molecule has 2 atom stereocenters. The summed E-state index contributed by atoms with van der Waals surface area (Å²) in [6, 6.07) is 25.4. The molecule has 2 amide bonds. The first-order chi connectivity index (χ1) is 20.7. The fourth-order valence-electron chi connectivity index (χ4n) is 3.92. The van der Waals surface area contributed by atoms with Crippen LogP contribution in [0.3, 0.4) is 0 Å². The molecule has 4 aromatic carbocycles. The highest BCUT2D eigenvalue weighted by molar-refractivity contribution is 6.35. The second-order valence-corrected chi connectivity index (χ2v) is 11.1. The molecule has 4 aromatic rings. The van der Waals surface area contributed by atoms with Crippen LogP contribution in [0.25, 0.3) is 0 Å². The summed E-state index contributed by atoms with van der Waals surface area (Å²) in [6.07, 6.45) is 0.738. The molecule has 0 spiro atoms. The number of para-hydroxylation sites is 1. The summed E-state index contributed by atoms with van der Waals surface area (Å²) in [4.78, 5) is 26.3. The van der Waals surface area contributed by atoms with Gasteiger partial charge in [0.05, 0.1) is 11.2 Å². The molecular weight excluding hydrogens is 632 g/mol. The van der Waals surface area contributed by atoms with E-state index in [0.29, 0.717) is 32.1 Å². The van der Waals surface area contributed by atoms with E-state index in [1.54, 1.807) is 49.4 Å². The van der Waals surface area contributed by atoms with E-state index in [-0.39, 0.29) is 18.1 Å². The first-order valence-electron chi connectivity index (χ1n) is 13.1. The predicted octanol–water partition coefficient (Wildman–Crippen LogP) is 7.52. The van der Waals surface area contributed by atoms with Gasteiger partial charge in [0.2, 0.25) is 0 Å². The van der Waals surface area contributed by atoms with Gasteiger partial charge >= 0.3 is 0 Å². The van der Waals surface area contributed by atoms with Gasteiger partial charge < -0.3 is 14.8 Å². The first-order valence-corrected chi connectivity index (χ1v) is 14.7. The Morgan fingerprint density at radius 3 is 2.21 bits per heavy atom. The van der Waals surface area contributed by atoms with Crippen molar-refractivity contribution in [3.05, 3.63) is 128 Å². The summed E-state index contributed by atoms with van der Waals surface area (Å²) in [5.41, 5.74) is 4.76. The molecule has 0 aliphatic rings. The molecule has 0 bridgehead atoms. The number of amides is 2. The smallest absolute Gasteiger partial charge is 0.262 e. The van der Waals surface area contributed by atoms with Gasteiger partial charge in [-0.25, -0.2) is 5.43 Å². The normalized spacial score (nSPS) is 12.4. The van der Waals surface area contributed by atoms with E-state index in [2.05, 4.69) is 15.8 Å². The van der Waals surface area contributed by atoms with Crippen LogP contribution in [0, 0.1) is 0 Å². The number of hydrazone groups is 1. The maximum atomic E-state index is 13.2. The Bertz CT molecular complexity index is 1600. The van der Waals surface area contributed by atoms with Gasteiger partial charge in [-0.15, -0.1) is 0 Å². The van der Waals surface area contributed by atoms with E-state index in [0.717, 1.165) is 11.1 Å². The van der Waals surface area contributed by atoms with E-state index in [1.807, 2.05) is 42.5 Å². The van der Waals surface area contributed by atoms with Crippen molar-refractivity contribution in [2.45, 2.75) is 32.1 Å². The van der Waals surface area contributed by atoms with E-state index < -0.39 is 24.0 Å². The zero-order chi connectivity index (χ0) is 30.8. The van der Waals surface area contributed by atoms with E-state index in [4.69, 9.17) is 55.9 Å². The lowest BCUT2D eigenvalue weighted by molar-refractivity contribution is -0.132. The third-order valence-corrected chi connectivity index (χ3v) is 7.30. The molecule has 2 N–H and O–H groups in total. The number of hydrogen-bond donors (Lipinski definition) is 2. The topological polar surface area (TPSA) is 89.0 Å². The molecule has 4 rings (SSSR count). The Balaban J connectivity index is 1.42. The second kappa shape index (κ2) is 15.6. The van der Waals surface area contributed by atoms with Gasteiger partial charge in [-0.2, -0.15) is 5.10 Å². The van der Waals surface area contributed by atoms with Crippen molar-refractivity contribution in [1.82, 2.24) is 10.7 Å². The number of halogens is 4. The second-order valence-electron chi connectivity index (χ2n) is 9.38. The zero-order valence-corrected chi connectivity index (χ0v) is 25.9. The largest absolute Gasteiger partial charge is 0.488 e. The number of nitrogens with one attached hydrogen (secondary N) is 2. The van der Waals surface area contributed by atoms with Gasteiger partial charge in [0.25, 0.3) is 11.8 Å². The molecule has 0 saturated heterocycles. The standard InChI is InChI=1S/C32H27Cl4N3O4/c1-20(43-30-14-13-25(34)17-27(30)36)31(40)38-28(15-21-7-3-2-4-8-21)32(41)39-37-18-22-9-5-6-10-29(22)42-19-23-11-12-24(33)16-26(23)35/h2-14,16-18,20,28H,15,19H2,1H3,(H,38,40)(H,39,41)/b37-18-/t20-,28-/m0/s1. The monoisotopic (exact) mass is 657 g/mol.